The zero-order chi connectivity index (χ0) is 27.5. The van der Waals surface area contributed by atoms with Crippen molar-refractivity contribution in [1.82, 2.24) is 16.0 Å². The lowest BCUT2D eigenvalue weighted by Crippen LogP contribution is -2.43. The molecule has 202 valence electrons. The molecule has 0 unspecified atom stereocenters. The van der Waals surface area contributed by atoms with Gasteiger partial charge in [-0.2, -0.15) is 0 Å². The minimum absolute atomic E-state index is 0.0447. The summed E-state index contributed by atoms with van der Waals surface area (Å²) < 4.78 is 0. The van der Waals surface area contributed by atoms with Gasteiger partial charge in [0.2, 0.25) is 0 Å². The summed E-state index contributed by atoms with van der Waals surface area (Å²) in [6.07, 6.45) is 0.875. The van der Waals surface area contributed by atoms with Crippen LogP contribution in [0.2, 0.25) is 0 Å². The van der Waals surface area contributed by atoms with Crippen molar-refractivity contribution < 1.29 is 4.79 Å². The molecular formula is C34H45N3O. The van der Waals surface area contributed by atoms with Gasteiger partial charge in [0, 0.05) is 24.5 Å². The van der Waals surface area contributed by atoms with Gasteiger partial charge in [0.25, 0.3) is 0 Å². The lowest BCUT2D eigenvalue weighted by atomic mass is 9.80. The Morgan fingerprint density at radius 2 is 1.26 bits per heavy atom. The molecule has 2 amide bonds. The second-order valence-corrected chi connectivity index (χ2v) is 12.9. The van der Waals surface area contributed by atoms with E-state index in [0.29, 0.717) is 0 Å². The van der Waals surface area contributed by atoms with Crippen molar-refractivity contribution in [2.24, 2.45) is 0 Å². The molecule has 3 aromatic carbocycles. The molecule has 4 rings (SSSR count). The number of hydrogen-bond donors (Lipinski definition) is 3. The average Bonchev–Trinajstić information content (AvgIpc) is 3.32. The van der Waals surface area contributed by atoms with Crippen molar-refractivity contribution in [3.05, 3.63) is 107 Å². The Morgan fingerprint density at radius 3 is 1.74 bits per heavy atom. The van der Waals surface area contributed by atoms with Gasteiger partial charge >= 0.3 is 6.03 Å². The maximum Gasteiger partial charge on any atom is 0.315 e. The molecular weight excluding hydrogens is 466 g/mol. The largest absolute Gasteiger partial charge is 0.334 e. The lowest BCUT2D eigenvalue weighted by molar-refractivity contribution is 0.234. The first kappa shape index (κ1) is 27.9. The fourth-order valence-electron chi connectivity index (χ4n) is 5.42. The van der Waals surface area contributed by atoms with E-state index in [0.717, 1.165) is 18.5 Å². The van der Waals surface area contributed by atoms with E-state index in [1.165, 1.54) is 22.3 Å². The molecule has 0 bridgehead atoms. The predicted octanol–water partition coefficient (Wildman–Crippen LogP) is 7.20. The van der Waals surface area contributed by atoms with Crippen LogP contribution in [0.4, 0.5) is 4.79 Å². The first-order chi connectivity index (χ1) is 17.9. The molecule has 0 aliphatic carbocycles. The van der Waals surface area contributed by atoms with E-state index in [1.54, 1.807) is 0 Å². The van der Waals surface area contributed by atoms with Crippen molar-refractivity contribution in [3.63, 3.8) is 0 Å². The van der Waals surface area contributed by atoms with Crippen LogP contribution >= 0.6 is 0 Å². The molecule has 1 fully saturated rings. The van der Waals surface area contributed by atoms with Crippen LogP contribution in [-0.2, 0) is 10.8 Å². The summed E-state index contributed by atoms with van der Waals surface area (Å²) >= 11 is 0. The maximum atomic E-state index is 12.8. The monoisotopic (exact) mass is 511 g/mol. The number of urea groups is 1. The Kier molecular flexibility index (Phi) is 8.32. The van der Waals surface area contributed by atoms with E-state index >= 15 is 0 Å². The zero-order valence-corrected chi connectivity index (χ0v) is 24.1. The third-order valence-corrected chi connectivity index (χ3v) is 7.82. The number of rotatable bonds is 6. The highest BCUT2D eigenvalue weighted by Crippen LogP contribution is 2.35. The first-order valence-corrected chi connectivity index (χ1v) is 14.0. The summed E-state index contributed by atoms with van der Waals surface area (Å²) in [5.41, 5.74) is 6.63. The normalized spacial score (nSPS) is 18.8. The van der Waals surface area contributed by atoms with Crippen LogP contribution in [0.5, 0.6) is 0 Å². The predicted molar refractivity (Wildman–Crippen MR) is 159 cm³/mol. The van der Waals surface area contributed by atoms with Gasteiger partial charge in [0.15, 0.2) is 0 Å². The fourth-order valence-corrected chi connectivity index (χ4v) is 5.42. The summed E-state index contributed by atoms with van der Waals surface area (Å²) in [6.45, 7) is 16.3. The van der Waals surface area contributed by atoms with Gasteiger partial charge in [-0.25, -0.2) is 4.79 Å². The van der Waals surface area contributed by atoms with Gasteiger partial charge in [0.1, 0.15) is 0 Å². The number of nitrogens with one attached hydrogen (secondary N) is 3. The van der Waals surface area contributed by atoms with Gasteiger partial charge in [-0.05, 0) is 52.0 Å². The van der Waals surface area contributed by atoms with Crippen LogP contribution in [0, 0.1) is 0 Å². The number of hydrogen-bond acceptors (Lipinski definition) is 2. The number of amides is 2. The Morgan fingerprint density at radius 1 is 0.763 bits per heavy atom. The molecule has 3 aromatic rings. The lowest BCUT2D eigenvalue weighted by Gasteiger charge is -2.28. The number of carbonyl (C=O) groups is 1. The molecule has 1 aliphatic heterocycles. The summed E-state index contributed by atoms with van der Waals surface area (Å²) in [7, 11) is 0. The van der Waals surface area contributed by atoms with Crippen molar-refractivity contribution in [2.45, 2.75) is 89.8 Å². The highest BCUT2D eigenvalue weighted by molar-refractivity contribution is 5.74. The third-order valence-electron chi connectivity index (χ3n) is 7.82. The maximum absolute atomic E-state index is 12.8. The summed E-state index contributed by atoms with van der Waals surface area (Å²) in [5, 5.41) is 10.0. The topological polar surface area (TPSA) is 53.2 Å². The second-order valence-electron chi connectivity index (χ2n) is 12.9. The van der Waals surface area contributed by atoms with Crippen LogP contribution in [0.3, 0.4) is 0 Å². The molecule has 3 atom stereocenters. The average molecular weight is 512 g/mol. The van der Waals surface area contributed by atoms with Gasteiger partial charge in [-0.15, -0.1) is 0 Å². The molecule has 1 heterocycles. The van der Waals surface area contributed by atoms with Gasteiger partial charge in [-0.1, -0.05) is 120 Å². The molecule has 0 aromatic heterocycles. The second kappa shape index (κ2) is 11.3. The van der Waals surface area contributed by atoms with Crippen molar-refractivity contribution in [3.8, 4) is 0 Å². The zero-order valence-electron chi connectivity index (χ0n) is 24.1. The Labute approximate surface area is 229 Å². The van der Waals surface area contributed by atoms with Gasteiger partial charge < -0.3 is 16.0 Å². The third kappa shape index (κ3) is 6.85. The van der Waals surface area contributed by atoms with Crippen LogP contribution in [0.15, 0.2) is 78.9 Å². The molecule has 1 saturated heterocycles. The summed E-state index contributed by atoms with van der Waals surface area (Å²) in [4.78, 5) is 12.8. The Bertz CT molecular complexity index is 1130. The van der Waals surface area contributed by atoms with Gasteiger partial charge in [-0.3, -0.25) is 0 Å². The van der Waals surface area contributed by atoms with E-state index in [4.69, 9.17) is 0 Å². The van der Waals surface area contributed by atoms with E-state index < -0.39 is 0 Å². The van der Waals surface area contributed by atoms with Crippen LogP contribution < -0.4 is 16.0 Å². The quantitative estimate of drug-likeness (QED) is 0.328. The van der Waals surface area contributed by atoms with Crippen molar-refractivity contribution in [2.75, 3.05) is 6.54 Å². The standard InChI is InChI=1S/C34H45N3O/c1-23(24-11-9-8-10-12-24)36-32(38)37-29-21-30(35-22-29)31(25-13-17-27(18-14-25)33(2,3)4)26-15-19-28(20-16-26)34(5,6)7/h8-20,23,29-31,35H,21-22H2,1-7H3,(H2,36,37,38)/t23-,29-,30-/m1/s1. The van der Waals surface area contributed by atoms with E-state index in [1.807, 2.05) is 37.3 Å². The summed E-state index contributed by atoms with van der Waals surface area (Å²) in [5.74, 6) is 0.205. The number of carbonyl (C=O) groups excluding carboxylic acids is 1. The first-order valence-electron chi connectivity index (χ1n) is 14.0. The highest BCUT2D eigenvalue weighted by Gasteiger charge is 2.33. The smallest absolute Gasteiger partial charge is 0.315 e. The molecule has 4 heteroatoms. The minimum Gasteiger partial charge on any atom is -0.334 e. The number of benzene rings is 3. The molecule has 3 N–H and O–H groups in total. The summed E-state index contributed by atoms with van der Waals surface area (Å²) in [6, 6.07) is 28.5. The molecule has 0 spiro atoms. The highest BCUT2D eigenvalue weighted by atomic mass is 16.2. The van der Waals surface area contributed by atoms with Crippen LogP contribution in [0.1, 0.15) is 94.7 Å². The molecule has 1 aliphatic rings. The fraction of sp³-hybridized carbons (Fsp3) is 0.441. The minimum atomic E-state index is -0.116. The van der Waals surface area contributed by atoms with Crippen LogP contribution in [-0.4, -0.2) is 24.7 Å². The molecule has 0 radical (unpaired) electrons. The molecule has 38 heavy (non-hydrogen) atoms. The molecule has 4 nitrogen and oxygen atoms in total. The van der Waals surface area contributed by atoms with Crippen LogP contribution in [0.25, 0.3) is 0 Å². The Balaban J connectivity index is 1.51. The van der Waals surface area contributed by atoms with Crippen molar-refractivity contribution in [1.29, 1.82) is 0 Å². The van der Waals surface area contributed by atoms with E-state index in [2.05, 4.69) is 106 Å². The Hall–Kier alpha value is -3.11. The molecule has 0 saturated carbocycles. The SMILES string of the molecule is C[C@@H](NC(=O)N[C@H]1CN[C@@H](C(c2ccc(C(C)(C)C)cc2)c2ccc(C(C)(C)C)cc2)C1)c1ccccc1. The van der Waals surface area contributed by atoms with Gasteiger partial charge in [0.05, 0.1) is 6.04 Å². The van der Waals surface area contributed by atoms with E-state index in [-0.39, 0.29) is 40.9 Å². The van der Waals surface area contributed by atoms with Crippen molar-refractivity contribution >= 4 is 6.03 Å². The van der Waals surface area contributed by atoms with E-state index in [9.17, 15) is 4.79 Å².